The Kier molecular flexibility index (Phi) is 12.0. The van der Waals surface area contributed by atoms with E-state index in [0.717, 1.165) is 0 Å². The van der Waals surface area contributed by atoms with Gasteiger partial charge in [-0.1, -0.05) is 24.3 Å². The van der Waals surface area contributed by atoms with E-state index in [1.807, 2.05) is 0 Å². The minimum absolute atomic E-state index is 0.00605. The minimum atomic E-state index is -1.89. The first-order valence-corrected chi connectivity index (χ1v) is 19.8. The average molecular weight is 843 g/mol. The fraction of sp³-hybridized carbons (Fsp3) is 0.405. The molecule has 1 amide bonds. The zero-order chi connectivity index (χ0) is 43.1. The molecule has 320 valence electrons. The number of aliphatic imine (C=N–C) groups is 2. The van der Waals surface area contributed by atoms with Gasteiger partial charge in [0.25, 0.3) is 11.7 Å². The monoisotopic (exact) mass is 842 g/mol. The van der Waals surface area contributed by atoms with Crippen molar-refractivity contribution in [1.82, 2.24) is 5.32 Å². The molecule has 9 atom stereocenters. The molecule has 0 aromatic heterocycles. The summed E-state index contributed by atoms with van der Waals surface area (Å²) in [5.41, 5.74) is 1.19. The highest BCUT2D eigenvalue weighted by molar-refractivity contribution is 6.68. The standard InChI is InChI=1S/C42H43N5O14/c43-42-45-39-31(40(57)46-42)44-18-47(39)27-6-2-1-5-23(27)29-20(4-3-10-48)15-58-17-28-34(54)35(55)36(56)41(60-28)61-37-26(29)13-25-30(38(37)59-16-21(51)9-11-49)33(53)24-12-19(14-50)7-8-22(24)32(25)52/h1-2,5-8,11-13,20-21,28-29,34-36,41,48,50-51,54-56H,3-4,9-10,14-18H2,(H2,43,46,57)/p+1. The van der Waals surface area contributed by atoms with E-state index in [-0.39, 0.29) is 103 Å². The maximum absolute atomic E-state index is 14.7. The third-order valence-corrected chi connectivity index (χ3v) is 11.5. The molecule has 9 unspecified atom stereocenters. The number of carbonyl (C=O) groups excluding carboxylic acids is 4. The Hall–Kier alpha value is -5.61. The molecule has 19 heteroatoms. The minimum Gasteiger partial charge on any atom is -0.486 e. The molecule has 1 fully saturated rings. The number of amides is 1. The highest BCUT2D eigenvalue weighted by atomic mass is 16.7. The number of aldehydes is 1. The first kappa shape index (κ1) is 42.1. The lowest BCUT2D eigenvalue weighted by atomic mass is 9.74. The molecule has 61 heavy (non-hydrogen) atoms. The Bertz CT molecular complexity index is 2350. The van der Waals surface area contributed by atoms with Crippen molar-refractivity contribution in [1.29, 1.82) is 5.41 Å². The zero-order valence-electron chi connectivity index (χ0n) is 32.5. The van der Waals surface area contributed by atoms with Crippen LogP contribution >= 0.6 is 0 Å². The molecule has 0 spiro atoms. The lowest BCUT2D eigenvalue weighted by Gasteiger charge is -2.40. The van der Waals surface area contributed by atoms with Crippen LogP contribution in [0.25, 0.3) is 0 Å². The van der Waals surface area contributed by atoms with Crippen molar-refractivity contribution in [3.8, 4) is 11.5 Å². The number of para-hydroxylation sites is 1. The van der Waals surface area contributed by atoms with Crippen LogP contribution in [0.5, 0.6) is 11.5 Å². The number of guanidine groups is 1. The number of fused-ring (bicyclic) bond motifs is 6. The highest BCUT2D eigenvalue weighted by Gasteiger charge is 2.49. The number of nitrogens with zero attached hydrogens (tertiary/aromatic N) is 2. The molecule has 3 aromatic carbocycles. The molecular formula is C42H44N5O14+. The average Bonchev–Trinajstić information content (AvgIpc) is 3.67. The second-order valence-corrected chi connectivity index (χ2v) is 15.4. The Labute approximate surface area is 347 Å². The number of quaternary nitrogens is 1. The number of ketones is 2. The Morgan fingerprint density at radius 1 is 0.967 bits per heavy atom. The Balaban J connectivity index is 1.42. The maximum atomic E-state index is 14.7. The van der Waals surface area contributed by atoms with Crippen molar-refractivity contribution < 1.29 is 73.7 Å². The quantitative estimate of drug-likeness (QED) is 0.0771. The van der Waals surface area contributed by atoms with Gasteiger partial charge in [0.05, 0.1) is 31.5 Å². The molecule has 0 saturated carbocycles. The molecule has 1 saturated heterocycles. The van der Waals surface area contributed by atoms with Gasteiger partial charge < -0.3 is 54.4 Å². The third kappa shape index (κ3) is 7.68. The van der Waals surface area contributed by atoms with E-state index in [2.05, 4.69) is 15.3 Å². The smallest absolute Gasteiger partial charge is 0.284 e. The van der Waals surface area contributed by atoms with Gasteiger partial charge in [0.1, 0.15) is 43.0 Å². The summed E-state index contributed by atoms with van der Waals surface area (Å²) in [5.74, 6) is -4.28. The molecule has 19 nitrogen and oxygen atoms in total. The van der Waals surface area contributed by atoms with Crippen LogP contribution in [0.3, 0.4) is 0 Å². The fourth-order valence-electron chi connectivity index (χ4n) is 8.56. The van der Waals surface area contributed by atoms with Gasteiger partial charge in [-0.3, -0.25) is 25.1 Å². The summed E-state index contributed by atoms with van der Waals surface area (Å²) in [5, 5.41) is 74.8. The summed E-state index contributed by atoms with van der Waals surface area (Å²) in [4.78, 5) is 63.0. The van der Waals surface area contributed by atoms with Gasteiger partial charge >= 0.3 is 0 Å². The first-order chi connectivity index (χ1) is 29.4. The molecule has 2 bridgehead atoms. The normalized spacial score (nSPS) is 27.5. The summed E-state index contributed by atoms with van der Waals surface area (Å²) in [7, 11) is 0. The molecular weight excluding hydrogens is 798 g/mol. The predicted octanol–water partition coefficient (Wildman–Crippen LogP) is -1.59. The van der Waals surface area contributed by atoms with Gasteiger partial charge in [0, 0.05) is 46.8 Å². The van der Waals surface area contributed by atoms with E-state index < -0.39 is 79.3 Å². The molecule has 9 N–H and O–H groups in total. The third-order valence-electron chi connectivity index (χ3n) is 11.5. The Morgan fingerprint density at radius 2 is 1.77 bits per heavy atom. The van der Waals surface area contributed by atoms with Crippen LogP contribution in [0.15, 0.2) is 58.5 Å². The topological polar surface area (TPSA) is 292 Å². The summed E-state index contributed by atoms with van der Waals surface area (Å²) >= 11 is 0. The summed E-state index contributed by atoms with van der Waals surface area (Å²) in [6.07, 6.45) is -9.06. The van der Waals surface area contributed by atoms with Crippen LogP contribution < -0.4 is 19.7 Å². The molecule has 8 rings (SSSR count). The number of amidine groups is 1. The van der Waals surface area contributed by atoms with E-state index in [1.165, 1.54) is 24.3 Å². The number of ether oxygens (including phenoxy) is 4. The van der Waals surface area contributed by atoms with E-state index in [0.29, 0.717) is 28.0 Å². The lowest BCUT2D eigenvalue weighted by molar-refractivity contribution is -0.723. The number of aliphatic hydroxyl groups is 6. The van der Waals surface area contributed by atoms with Gasteiger partial charge in [-0.25, -0.2) is 9.89 Å². The SMILES string of the molecule is N=C1N=C2C(=NC[NH+]2c2ccccc2C2c3cc4c(c(OCC(O)CC=O)c3OC3OC(COCC2CCCO)C(O)C(O)C3O)C(=O)c2cc(CO)ccc2C4=O)C(=O)N1. The van der Waals surface area contributed by atoms with E-state index in [9.17, 15) is 49.8 Å². The number of carbonyl (C=O) groups is 4. The van der Waals surface area contributed by atoms with Crippen LogP contribution in [0.1, 0.15) is 73.7 Å². The van der Waals surface area contributed by atoms with Gasteiger partial charge in [-0.2, -0.15) is 4.99 Å². The van der Waals surface area contributed by atoms with Crippen molar-refractivity contribution in [3.63, 3.8) is 0 Å². The number of hydrogen-bond donors (Lipinski definition) is 9. The molecule has 1 aliphatic carbocycles. The van der Waals surface area contributed by atoms with Gasteiger partial charge in [-0.05, 0) is 48.6 Å². The van der Waals surface area contributed by atoms with Crippen molar-refractivity contribution in [2.75, 3.05) is 33.1 Å². The van der Waals surface area contributed by atoms with Crippen molar-refractivity contribution >= 4 is 47.0 Å². The number of aliphatic hydroxyl groups excluding tert-OH is 6. The molecule has 4 aliphatic heterocycles. The first-order valence-electron chi connectivity index (χ1n) is 19.8. The predicted molar refractivity (Wildman–Crippen MR) is 210 cm³/mol. The van der Waals surface area contributed by atoms with Crippen molar-refractivity contribution in [3.05, 3.63) is 87.5 Å². The zero-order valence-corrected chi connectivity index (χ0v) is 32.5. The number of rotatable bonds is 11. The highest BCUT2D eigenvalue weighted by Crippen LogP contribution is 2.51. The molecule has 5 aliphatic rings. The lowest BCUT2D eigenvalue weighted by Crippen LogP contribution is -3.09. The summed E-state index contributed by atoms with van der Waals surface area (Å²) in [6, 6.07) is 12.9. The maximum Gasteiger partial charge on any atom is 0.284 e. The van der Waals surface area contributed by atoms with E-state index in [1.54, 1.807) is 24.3 Å². The summed E-state index contributed by atoms with van der Waals surface area (Å²) < 4.78 is 25.1. The van der Waals surface area contributed by atoms with Gasteiger partial charge in [-0.15, -0.1) is 0 Å². The number of benzene rings is 3. The number of hydrogen-bond acceptors (Lipinski definition) is 16. The Morgan fingerprint density at radius 3 is 2.54 bits per heavy atom. The fourth-order valence-corrected chi connectivity index (χ4v) is 8.56. The largest absolute Gasteiger partial charge is 0.486 e. The van der Waals surface area contributed by atoms with Crippen LogP contribution in [0.2, 0.25) is 0 Å². The van der Waals surface area contributed by atoms with Crippen LogP contribution in [0.4, 0.5) is 5.69 Å². The second-order valence-electron chi connectivity index (χ2n) is 15.4. The van der Waals surface area contributed by atoms with Crippen molar-refractivity contribution in [2.24, 2.45) is 15.9 Å². The van der Waals surface area contributed by atoms with Gasteiger partial charge in [0.15, 0.2) is 29.7 Å². The van der Waals surface area contributed by atoms with Crippen molar-refractivity contribution in [2.45, 2.75) is 68.6 Å². The van der Waals surface area contributed by atoms with Crippen LogP contribution in [0, 0.1) is 11.3 Å². The summed E-state index contributed by atoms with van der Waals surface area (Å²) in [6.45, 7) is -1.61. The van der Waals surface area contributed by atoms with Gasteiger partial charge in [0.2, 0.25) is 18.0 Å². The molecule has 0 radical (unpaired) electrons. The van der Waals surface area contributed by atoms with E-state index in [4.69, 9.17) is 24.4 Å². The molecule has 4 heterocycles. The number of nitrogens with one attached hydrogen (secondary N) is 3. The molecule has 3 aromatic rings. The van der Waals surface area contributed by atoms with E-state index >= 15 is 0 Å². The second kappa shape index (κ2) is 17.4. The van der Waals surface area contributed by atoms with Crippen LogP contribution in [-0.2, 0) is 25.7 Å². The van der Waals surface area contributed by atoms with Crippen LogP contribution in [-0.4, -0.2) is 142 Å².